The number of nitrogens with zero attached hydrogens (tertiary/aromatic N) is 2. The maximum Gasteiger partial charge on any atom is 0.326 e. The number of H-pyrrole nitrogens is 1. The summed E-state index contributed by atoms with van der Waals surface area (Å²) in [4.78, 5) is 14.2. The van der Waals surface area contributed by atoms with Crippen LogP contribution in [0.25, 0.3) is 22.2 Å². The van der Waals surface area contributed by atoms with Crippen LogP contribution in [0, 0.1) is 5.82 Å². The number of carbonyl (C=O) groups excluding carboxylic acids is 1. The zero-order chi connectivity index (χ0) is 18.1. The van der Waals surface area contributed by atoms with Crippen molar-refractivity contribution in [1.82, 2.24) is 15.1 Å². The van der Waals surface area contributed by atoms with Gasteiger partial charge in [-0.2, -0.15) is 5.10 Å². The predicted molar refractivity (Wildman–Crippen MR) is 100 cm³/mol. The molecule has 1 aliphatic heterocycles. The molecule has 6 heteroatoms. The first-order valence-corrected chi connectivity index (χ1v) is 8.28. The van der Waals surface area contributed by atoms with Gasteiger partial charge in [0, 0.05) is 28.9 Å². The fraction of sp³-hybridized carbons (Fsp3) is 0.100. The van der Waals surface area contributed by atoms with Gasteiger partial charge < -0.3 is 5.32 Å². The maximum atomic E-state index is 13.2. The number of urea groups is 1. The number of amides is 2. The molecule has 0 aliphatic carbocycles. The molecule has 0 atom stereocenters. The van der Waals surface area contributed by atoms with E-state index in [0.29, 0.717) is 17.9 Å². The molecule has 0 spiro atoms. The van der Waals surface area contributed by atoms with Crippen LogP contribution in [-0.2, 0) is 0 Å². The number of halogens is 1. The number of aromatic amines is 1. The minimum atomic E-state index is -0.291. The quantitative estimate of drug-likeness (QED) is 0.706. The normalized spacial score (nSPS) is 13.8. The van der Waals surface area contributed by atoms with E-state index in [4.69, 9.17) is 0 Å². The number of carbonyl (C=O) groups is 1. The molecule has 0 unspecified atom stereocenters. The van der Waals surface area contributed by atoms with E-state index >= 15 is 0 Å². The lowest BCUT2D eigenvalue weighted by molar-refractivity contribution is 0.228. The predicted octanol–water partition coefficient (Wildman–Crippen LogP) is 4.68. The molecule has 2 aromatic carbocycles. The number of hydrogen-bond donors (Lipinski definition) is 2. The first-order valence-electron chi connectivity index (χ1n) is 8.28. The molecule has 4 rings (SSSR count). The van der Waals surface area contributed by atoms with Crippen LogP contribution in [0.2, 0.25) is 0 Å². The molecule has 2 amide bonds. The Labute approximate surface area is 149 Å². The smallest absolute Gasteiger partial charge is 0.308 e. The average Bonchev–Trinajstić information content (AvgIpc) is 3.06. The first kappa shape index (κ1) is 16.1. The third kappa shape index (κ3) is 2.97. The molecular weight excluding hydrogens is 331 g/mol. The summed E-state index contributed by atoms with van der Waals surface area (Å²) in [5.74, 6) is -0.291. The Morgan fingerprint density at radius 1 is 1.23 bits per heavy atom. The zero-order valence-corrected chi connectivity index (χ0v) is 14.2. The van der Waals surface area contributed by atoms with Crippen molar-refractivity contribution in [2.24, 2.45) is 0 Å². The molecule has 130 valence electrons. The minimum Gasteiger partial charge on any atom is -0.308 e. The van der Waals surface area contributed by atoms with Crippen molar-refractivity contribution in [2.45, 2.75) is 6.92 Å². The monoisotopic (exact) mass is 348 g/mol. The second-order valence-corrected chi connectivity index (χ2v) is 6.12. The van der Waals surface area contributed by atoms with Crippen LogP contribution in [0.5, 0.6) is 0 Å². The third-order valence-corrected chi connectivity index (χ3v) is 4.36. The Morgan fingerprint density at radius 3 is 2.81 bits per heavy atom. The second kappa shape index (κ2) is 6.48. The van der Waals surface area contributed by atoms with E-state index in [-0.39, 0.29) is 11.8 Å². The maximum absolute atomic E-state index is 13.2. The number of allylic oxidation sites excluding steroid dienone is 3. The van der Waals surface area contributed by atoms with Gasteiger partial charge in [-0.05, 0) is 55.5 Å². The van der Waals surface area contributed by atoms with Gasteiger partial charge in [0.2, 0.25) is 0 Å². The van der Waals surface area contributed by atoms with Crippen molar-refractivity contribution in [2.75, 3.05) is 11.9 Å². The first-order chi connectivity index (χ1) is 12.6. The highest BCUT2D eigenvalue weighted by molar-refractivity contribution is 5.98. The van der Waals surface area contributed by atoms with Crippen LogP contribution >= 0.6 is 0 Å². The van der Waals surface area contributed by atoms with Crippen molar-refractivity contribution in [1.29, 1.82) is 0 Å². The van der Waals surface area contributed by atoms with Gasteiger partial charge in [-0.15, -0.1) is 0 Å². The molecule has 0 radical (unpaired) electrons. The highest BCUT2D eigenvalue weighted by Gasteiger charge is 2.16. The second-order valence-electron chi connectivity index (χ2n) is 6.12. The summed E-state index contributed by atoms with van der Waals surface area (Å²) in [7, 11) is 0. The van der Waals surface area contributed by atoms with E-state index in [1.165, 1.54) is 12.1 Å². The van der Waals surface area contributed by atoms with Gasteiger partial charge in [-0.1, -0.05) is 12.2 Å². The summed E-state index contributed by atoms with van der Waals surface area (Å²) in [6.45, 7) is 2.44. The van der Waals surface area contributed by atoms with E-state index in [2.05, 4.69) is 15.5 Å². The Kier molecular flexibility index (Phi) is 4.01. The molecule has 0 saturated carbocycles. The Bertz CT molecular complexity index is 1030. The summed E-state index contributed by atoms with van der Waals surface area (Å²) in [6.07, 6.45) is 5.76. The van der Waals surface area contributed by atoms with Crippen LogP contribution in [0.1, 0.15) is 6.92 Å². The molecule has 1 aromatic heterocycles. The van der Waals surface area contributed by atoms with Gasteiger partial charge >= 0.3 is 6.03 Å². The van der Waals surface area contributed by atoms with Crippen molar-refractivity contribution < 1.29 is 9.18 Å². The number of rotatable bonds is 2. The Morgan fingerprint density at radius 2 is 2.04 bits per heavy atom. The number of hydrogen-bond acceptors (Lipinski definition) is 2. The van der Waals surface area contributed by atoms with Crippen LogP contribution in [0.4, 0.5) is 14.9 Å². The van der Waals surface area contributed by atoms with E-state index in [1.807, 2.05) is 43.4 Å². The summed E-state index contributed by atoms with van der Waals surface area (Å²) >= 11 is 0. The average molecular weight is 348 g/mol. The van der Waals surface area contributed by atoms with E-state index in [1.54, 1.807) is 17.0 Å². The number of benzene rings is 2. The molecular formula is C20H17FN4O. The largest absolute Gasteiger partial charge is 0.326 e. The highest BCUT2D eigenvalue weighted by atomic mass is 19.1. The Hall–Kier alpha value is -3.41. The lowest BCUT2D eigenvalue weighted by Crippen LogP contribution is -2.34. The molecule has 2 N–H and O–H groups in total. The van der Waals surface area contributed by atoms with E-state index in [9.17, 15) is 9.18 Å². The fourth-order valence-electron chi connectivity index (χ4n) is 2.96. The molecule has 1 aliphatic rings. The van der Waals surface area contributed by atoms with Crippen molar-refractivity contribution in [3.05, 3.63) is 72.2 Å². The van der Waals surface area contributed by atoms with Crippen LogP contribution in [-0.4, -0.2) is 27.7 Å². The van der Waals surface area contributed by atoms with Crippen molar-refractivity contribution >= 4 is 22.6 Å². The van der Waals surface area contributed by atoms with Crippen LogP contribution in [0.15, 0.2) is 66.4 Å². The standard InChI is InChI=1S/C20H17FN4O/c1-13-4-2-3-11-25(13)20(26)22-16-9-10-18-17(12-16)19(24-23-18)14-5-7-15(21)8-6-14/h2-10,12H,11H2,1H3,(H,22,26)(H,23,24). The topological polar surface area (TPSA) is 61.0 Å². The highest BCUT2D eigenvalue weighted by Crippen LogP contribution is 2.28. The summed E-state index contributed by atoms with van der Waals surface area (Å²) in [6, 6.07) is 11.5. The van der Waals surface area contributed by atoms with Gasteiger partial charge in [0.05, 0.1) is 11.2 Å². The summed E-state index contributed by atoms with van der Waals surface area (Å²) in [5.41, 5.74) is 3.93. The van der Waals surface area contributed by atoms with Crippen molar-refractivity contribution in [3.63, 3.8) is 0 Å². The number of nitrogens with one attached hydrogen (secondary N) is 2. The molecule has 0 saturated heterocycles. The van der Waals surface area contributed by atoms with Crippen LogP contribution < -0.4 is 5.32 Å². The van der Waals surface area contributed by atoms with Gasteiger partial charge in [0.25, 0.3) is 0 Å². The van der Waals surface area contributed by atoms with Crippen molar-refractivity contribution in [3.8, 4) is 11.3 Å². The number of aromatic nitrogens is 2. The van der Waals surface area contributed by atoms with Gasteiger partial charge in [0.15, 0.2) is 0 Å². The molecule has 26 heavy (non-hydrogen) atoms. The van der Waals surface area contributed by atoms with Gasteiger partial charge in [-0.25, -0.2) is 9.18 Å². The number of fused-ring (bicyclic) bond motifs is 1. The minimum absolute atomic E-state index is 0.186. The van der Waals surface area contributed by atoms with Crippen LogP contribution in [0.3, 0.4) is 0 Å². The summed E-state index contributed by atoms with van der Waals surface area (Å²) < 4.78 is 13.2. The molecule has 0 fully saturated rings. The molecule has 0 bridgehead atoms. The number of anilines is 1. The van der Waals surface area contributed by atoms with Gasteiger partial charge in [0.1, 0.15) is 5.82 Å². The molecule has 2 heterocycles. The Balaban J connectivity index is 1.64. The summed E-state index contributed by atoms with van der Waals surface area (Å²) in [5, 5.41) is 11.1. The van der Waals surface area contributed by atoms with E-state index < -0.39 is 0 Å². The SMILES string of the molecule is CC1=CC=CCN1C(=O)Nc1ccc2[nH]nc(-c3ccc(F)cc3)c2c1. The zero-order valence-electron chi connectivity index (χ0n) is 14.2. The van der Waals surface area contributed by atoms with E-state index in [0.717, 1.165) is 22.2 Å². The lowest BCUT2D eigenvalue weighted by Gasteiger charge is -2.24. The molecule has 5 nitrogen and oxygen atoms in total. The molecule has 3 aromatic rings. The third-order valence-electron chi connectivity index (χ3n) is 4.36. The fourth-order valence-corrected chi connectivity index (χ4v) is 2.96. The van der Waals surface area contributed by atoms with Gasteiger partial charge in [-0.3, -0.25) is 10.00 Å². The lowest BCUT2D eigenvalue weighted by atomic mass is 10.1.